The highest BCUT2D eigenvalue weighted by atomic mass is 16.2. The number of anilines is 1. The van der Waals surface area contributed by atoms with Crippen molar-refractivity contribution >= 4 is 23.4 Å². The molecule has 0 aliphatic rings. The van der Waals surface area contributed by atoms with E-state index in [1.165, 1.54) is 13.8 Å². The Hall–Kier alpha value is -2.37. The van der Waals surface area contributed by atoms with Crippen molar-refractivity contribution in [3.8, 4) is 0 Å². The molecule has 0 spiro atoms. The van der Waals surface area contributed by atoms with Gasteiger partial charge in [-0.1, -0.05) is 26.0 Å². The normalized spacial score (nSPS) is 11.7. The predicted molar refractivity (Wildman–Crippen MR) is 85.0 cm³/mol. The van der Waals surface area contributed by atoms with Crippen LogP contribution in [0, 0.1) is 5.92 Å². The first-order valence-corrected chi connectivity index (χ1v) is 7.21. The molecule has 0 aromatic heterocycles. The molecule has 0 saturated carbocycles. The van der Waals surface area contributed by atoms with E-state index < -0.39 is 6.04 Å². The van der Waals surface area contributed by atoms with E-state index >= 15 is 0 Å². The maximum absolute atomic E-state index is 12.1. The lowest BCUT2D eigenvalue weighted by Gasteiger charge is -2.21. The smallest absolute Gasteiger partial charge is 0.243 e. The summed E-state index contributed by atoms with van der Waals surface area (Å²) in [6.45, 7) is 6.96. The summed E-state index contributed by atoms with van der Waals surface area (Å²) in [6.07, 6.45) is 0. The van der Waals surface area contributed by atoms with Crippen molar-refractivity contribution in [2.75, 3.05) is 5.32 Å². The zero-order chi connectivity index (χ0) is 16.7. The Labute approximate surface area is 130 Å². The largest absolute Gasteiger partial charge is 0.350 e. The van der Waals surface area contributed by atoms with Gasteiger partial charge in [-0.15, -0.1) is 0 Å². The molecule has 0 heterocycles. The van der Waals surface area contributed by atoms with E-state index in [1.807, 2.05) is 26.0 Å². The van der Waals surface area contributed by atoms with Crippen LogP contribution in [0.1, 0.15) is 33.3 Å². The molecule has 0 aliphatic heterocycles. The number of carbonyl (C=O) groups excluding carboxylic acids is 3. The molecule has 6 heteroatoms. The number of nitrogens with one attached hydrogen (secondary N) is 3. The second-order valence-corrected chi connectivity index (χ2v) is 5.52. The molecule has 6 nitrogen and oxygen atoms in total. The van der Waals surface area contributed by atoms with Crippen molar-refractivity contribution in [3.63, 3.8) is 0 Å². The lowest BCUT2D eigenvalue weighted by Crippen LogP contribution is -2.48. The number of benzene rings is 1. The van der Waals surface area contributed by atoms with E-state index in [2.05, 4.69) is 16.0 Å². The fourth-order valence-corrected chi connectivity index (χ4v) is 1.96. The summed E-state index contributed by atoms with van der Waals surface area (Å²) in [5.74, 6) is -0.563. The SMILES string of the molecule is CC(=O)Nc1ccc(CNC(=O)C(NC(C)=O)C(C)C)cc1. The summed E-state index contributed by atoms with van der Waals surface area (Å²) in [6, 6.07) is 6.66. The Bertz CT molecular complexity index is 538. The number of rotatable bonds is 6. The van der Waals surface area contributed by atoms with Crippen molar-refractivity contribution in [1.29, 1.82) is 0 Å². The van der Waals surface area contributed by atoms with Gasteiger partial charge in [0.25, 0.3) is 0 Å². The highest BCUT2D eigenvalue weighted by Gasteiger charge is 2.22. The van der Waals surface area contributed by atoms with Crippen LogP contribution in [0.25, 0.3) is 0 Å². The van der Waals surface area contributed by atoms with Crippen LogP contribution in [0.3, 0.4) is 0 Å². The van der Waals surface area contributed by atoms with Crippen LogP contribution in [-0.4, -0.2) is 23.8 Å². The molecule has 0 fully saturated rings. The minimum atomic E-state index is -0.545. The zero-order valence-corrected chi connectivity index (χ0v) is 13.4. The lowest BCUT2D eigenvalue weighted by atomic mass is 10.0. The second-order valence-electron chi connectivity index (χ2n) is 5.52. The highest BCUT2D eigenvalue weighted by molar-refractivity contribution is 5.88. The monoisotopic (exact) mass is 305 g/mol. The van der Waals surface area contributed by atoms with Gasteiger partial charge in [0.05, 0.1) is 0 Å². The quantitative estimate of drug-likeness (QED) is 0.743. The topological polar surface area (TPSA) is 87.3 Å². The molecule has 22 heavy (non-hydrogen) atoms. The minimum absolute atomic E-state index is 0.00559. The number of amides is 3. The lowest BCUT2D eigenvalue weighted by molar-refractivity contribution is -0.129. The second kappa shape index (κ2) is 8.17. The Morgan fingerprint density at radius 2 is 1.59 bits per heavy atom. The molecule has 1 aromatic rings. The van der Waals surface area contributed by atoms with Gasteiger partial charge in [-0.05, 0) is 23.6 Å². The summed E-state index contributed by atoms with van der Waals surface area (Å²) in [5, 5.41) is 8.13. The third kappa shape index (κ3) is 5.95. The van der Waals surface area contributed by atoms with Gasteiger partial charge < -0.3 is 16.0 Å². The van der Waals surface area contributed by atoms with Gasteiger partial charge in [0.2, 0.25) is 17.7 Å². The first kappa shape index (κ1) is 17.7. The van der Waals surface area contributed by atoms with Crippen molar-refractivity contribution in [2.24, 2.45) is 5.92 Å². The number of hydrogen-bond donors (Lipinski definition) is 3. The van der Waals surface area contributed by atoms with Crippen LogP contribution in [0.5, 0.6) is 0 Å². The maximum Gasteiger partial charge on any atom is 0.243 e. The first-order valence-electron chi connectivity index (χ1n) is 7.21. The molecule has 3 amide bonds. The standard InChI is InChI=1S/C16H23N3O3/c1-10(2)15(19-12(4)21)16(22)17-9-13-5-7-14(8-6-13)18-11(3)20/h5-8,10,15H,9H2,1-4H3,(H,17,22)(H,18,20)(H,19,21). The Morgan fingerprint density at radius 1 is 1.00 bits per heavy atom. The average Bonchev–Trinajstić information content (AvgIpc) is 2.42. The molecule has 0 aliphatic carbocycles. The average molecular weight is 305 g/mol. The molecular weight excluding hydrogens is 282 g/mol. The third-order valence-electron chi connectivity index (χ3n) is 3.05. The molecule has 0 saturated heterocycles. The predicted octanol–water partition coefficient (Wildman–Crippen LogP) is 1.42. The van der Waals surface area contributed by atoms with Crippen molar-refractivity contribution in [3.05, 3.63) is 29.8 Å². The summed E-state index contributed by atoms with van der Waals surface area (Å²) < 4.78 is 0. The fourth-order valence-electron chi connectivity index (χ4n) is 1.96. The van der Waals surface area contributed by atoms with E-state index in [0.717, 1.165) is 5.56 Å². The van der Waals surface area contributed by atoms with Gasteiger partial charge in [-0.2, -0.15) is 0 Å². The van der Waals surface area contributed by atoms with Crippen LogP contribution < -0.4 is 16.0 Å². The molecule has 0 bridgehead atoms. The Morgan fingerprint density at radius 3 is 2.05 bits per heavy atom. The maximum atomic E-state index is 12.1. The molecular formula is C16H23N3O3. The van der Waals surface area contributed by atoms with E-state index in [4.69, 9.17) is 0 Å². The van der Waals surface area contributed by atoms with E-state index in [-0.39, 0.29) is 23.6 Å². The summed E-state index contributed by atoms with van der Waals surface area (Å²) in [5.41, 5.74) is 1.62. The minimum Gasteiger partial charge on any atom is -0.350 e. The first-order chi connectivity index (χ1) is 10.3. The van der Waals surface area contributed by atoms with Gasteiger partial charge in [0, 0.05) is 26.1 Å². The van der Waals surface area contributed by atoms with Crippen LogP contribution in [0.15, 0.2) is 24.3 Å². The van der Waals surface area contributed by atoms with Crippen LogP contribution in [0.4, 0.5) is 5.69 Å². The summed E-state index contributed by atoms with van der Waals surface area (Å²) in [7, 11) is 0. The number of carbonyl (C=O) groups is 3. The van der Waals surface area contributed by atoms with Gasteiger partial charge >= 0.3 is 0 Å². The van der Waals surface area contributed by atoms with Crippen LogP contribution in [-0.2, 0) is 20.9 Å². The van der Waals surface area contributed by atoms with E-state index in [0.29, 0.717) is 12.2 Å². The molecule has 1 unspecified atom stereocenters. The molecule has 1 rings (SSSR count). The molecule has 1 aromatic carbocycles. The molecule has 3 N–H and O–H groups in total. The fraction of sp³-hybridized carbons (Fsp3) is 0.438. The summed E-state index contributed by atoms with van der Waals surface area (Å²) in [4.78, 5) is 34.2. The number of hydrogen-bond acceptors (Lipinski definition) is 3. The van der Waals surface area contributed by atoms with Gasteiger partial charge in [-0.3, -0.25) is 14.4 Å². The van der Waals surface area contributed by atoms with Crippen LogP contribution >= 0.6 is 0 Å². The van der Waals surface area contributed by atoms with Gasteiger partial charge in [-0.25, -0.2) is 0 Å². The molecule has 0 radical (unpaired) electrons. The molecule has 1 atom stereocenters. The van der Waals surface area contributed by atoms with Crippen molar-refractivity contribution < 1.29 is 14.4 Å². The zero-order valence-electron chi connectivity index (χ0n) is 13.4. The van der Waals surface area contributed by atoms with Gasteiger partial charge in [0.1, 0.15) is 6.04 Å². The summed E-state index contributed by atoms with van der Waals surface area (Å²) >= 11 is 0. The Balaban J connectivity index is 2.58. The van der Waals surface area contributed by atoms with Gasteiger partial charge in [0.15, 0.2) is 0 Å². The van der Waals surface area contributed by atoms with E-state index in [1.54, 1.807) is 12.1 Å². The third-order valence-corrected chi connectivity index (χ3v) is 3.05. The van der Waals surface area contributed by atoms with Crippen LogP contribution in [0.2, 0.25) is 0 Å². The Kier molecular flexibility index (Phi) is 6.56. The van der Waals surface area contributed by atoms with E-state index in [9.17, 15) is 14.4 Å². The molecule has 120 valence electrons. The van der Waals surface area contributed by atoms with Crippen molar-refractivity contribution in [2.45, 2.75) is 40.3 Å². The van der Waals surface area contributed by atoms with Crippen molar-refractivity contribution in [1.82, 2.24) is 10.6 Å². The highest BCUT2D eigenvalue weighted by Crippen LogP contribution is 2.09.